The van der Waals surface area contributed by atoms with Gasteiger partial charge in [-0.2, -0.15) is 4.98 Å². The Kier molecular flexibility index (Phi) is 7.85. The number of alkyl carbamates (subject to hydrolysis) is 1. The highest BCUT2D eigenvalue weighted by molar-refractivity contribution is 5.81. The smallest absolute Gasteiger partial charge is 0.408 e. The van der Waals surface area contributed by atoms with Crippen molar-refractivity contribution in [1.82, 2.24) is 15.5 Å². The Balaban J connectivity index is 1.37. The van der Waals surface area contributed by atoms with Gasteiger partial charge in [0.15, 0.2) is 6.61 Å². The molecule has 0 aliphatic carbocycles. The zero-order valence-electron chi connectivity index (χ0n) is 19.2. The second kappa shape index (κ2) is 11.6. The van der Waals surface area contributed by atoms with Gasteiger partial charge >= 0.3 is 12.1 Å². The summed E-state index contributed by atoms with van der Waals surface area (Å²) in [5.41, 5.74) is 3.58. The molecule has 0 fully saturated rings. The number of esters is 1. The molecule has 8 nitrogen and oxygen atoms in total. The summed E-state index contributed by atoms with van der Waals surface area (Å²) in [4.78, 5) is 29.5. The van der Waals surface area contributed by atoms with Gasteiger partial charge in [-0.3, -0.25) is 0 Å². The molecule has 178 valence electrons. The number of aryl methyl sites for hydroxylation is 1. The van der Waals surface area contributed by atoms with E-state index in [9.17, 15) is 9.59 Å². The molecule has 0 spiro atoms. The van der Waals surface area contributed by atoms with Gasteiger partial charge in [-0.25, -0.2) is 9.59 Å². The Morgan fingerprint density at radius 1 is 0.857 bits per heavy atom. The van der Waals surface area contributed by atoms with Gasteiger partial charge < -0.3 is 19.3 Å². The minimum Gasteiger partial charge on any atom is -0.456 e. The van der Waals surface area contributed by atoms with E-state index in [2.05, 4.69) is 15.5 Å². The Labute approximate surface area is 202 Å². The molecule has 35 heavy (non-hydrogen) atoms. The molecule has 0 radical (unpaired) electrons. The zero-order valence-corrected chi connectivity index (χ0v) is 19.2. The summed E-state index contributed by atoms with van der Waals surface area (Å²) in [6.07, 6.45) is -0.478. The summed E-state index contributed by atoms with van der Waals surface area (Å²) >= 11 is 0. The van der Waals surface area contributed by atoms with Crippen LogP contribution in [0.1, 0.15) is 22.5 Å². The van der Waals surface area contributed by atoms with Crippen LogP contribution in [0.25, 0.3) is 11.5 Å². The second-order valence-corrected chi connectivity index (χ2v) is 7.94. The summed E-state index contributed by atoms with van der Waals surface area (Å²) in [7, 11) is 0. The molecule has 0 saturated heterocycles. The van der Waals surface area contributed by atoms with E-state index in [0.717, 1.165) is 22.3 Å². The molecule has 4 aromatic rings. The summed E-state index contributed by atoms with van der Waals surface area (Å²) in [5.74, 6) is -0.0780. The van der Waals surface area contributed by atoms with Crippen molar-refractivity contribution in [2.75, 3.05) is 0 Å². The molecule has 8 heteroatoms. The molecule has 1 aromatic heterocycles. The Hall–Kier alpha value is -4.46. The number of ether oxygens (including phenoxy) is 2. The number of aromatic nitrogens is 2. The zero-order chi connectivity index (χ0) is 24.5. The first-order valence-electron chi connectivity index (χ1n) is 11.1. The molecule has 1 atom stereocenters. The normalized spacial score (nSPS) is 11.5. The summed E-state index contributed by atoms with van der Waals surface area (Å²) in [5, 5.41) is 6.49. The SMILES string of the molecule is Cc1ccc(-c2nc(COC(=O)C(Cc3ccccc3)NC(=O)OCc3ccccc3)no2)cc1. The summed E-state index contributed by atoms with van der Waals surface area (Å²) < 4.78 is 15.9. The monoisotopic (exact) mass is 471 g/mol. The van der Waals surface area contributed by atoms with Crippen LogP contribution in [-0.2, 0) is 33.9 Å². The van der Waals surface area contributed by atoms with Gasteiger partial charge in [-0.05, 0) is 30.2 Å². The van der Waals surface area contributed by atoms with Gasteiger partial charge in [0.05, 0.1) is 0 Å². The lowest BCUT2D eigenvalue weighted by Crippen LogP contribution is -2.43. The topological polar surface area (TPSA) is 104 Å². The predicted octanol–water partition coefficient (Wildman–Crippen LogP) is 4.63. The first-order valence-corrected chi connectivity index (χ1v) is 11.1. The number of hydrogen-bond donors (Lipinski definition) is 1. The number of benzene rings is 3. The maximum atomic E-state index is 12.9. The fourth-order valence-corrected chi connectivity index (χ4v) is 3.31. The Morgan fingerprint density at radius 2 is 1.51 bits per heavy atom. The van der Waals surface area contributed by atoms with E-state index in [0.29, 0.717) is 5.89 Å². The lowest BCUT2D eigenvalue weighted by molar-refractivity contribution is -0.147. The maximum absolute atomic E-state index is 12.9. The fourth-order valence-electron chi connectivity index (χ4n) is 3.31. The van der Waals surface area contributed by atoms with Gasteiger partial charge in [-0.15, -0.1) is 0 Å². The minimum absolute atomic E-state index is 0.0877. The number of hydrogen-bond acceptors (Lipinski definition) is 7. The van der Waals surface area contributed by atoms with Crippen molar-refractivity contribution in [3.8, 4) is 11.5 Å². The van der Waals surface area contributed by atoms with Crippen LogP contribution in [0, 0.1) is 6.92 Å². The van der Waals surface area contributed by atoms with Crippen LogP contribution in [0.15, 0.2) is 89.5 Å². The first-order chi connectivity index (χ1) is 17.1. The third-order valence-electron chi connectivity index (χ3n) is 5.18. The molecule has 4 rings (SSSR count). The van der Waals surface area contributed by atoms with Gasteiger partial charge in [0.1, 0.15) is 12.6 Å². The van der Waals surface area contributed by atoms with Crippen molar-refractivity contribution < 1.29 is 23.6 Å². The number of nitrogens with one attached hydrogen (secondary N) is 1. The molecular formula is C27H25N3O5. The molecule has 0 saturated carbocycles. The fraction of sp³-hybridized carbons (Fsp3) is 0.185. The lowest BCUT2D eigenvalue weighted by atomic mass is 10.1. The molecule has 1 heterocycles. The van der Waals surface area contributed by atoms with Crippen LogP contribution in [0.3, 0.4) is 0 Å². The van der Waals surface area contributed by atoms with Crippen molar-refractivity contribution in [2.45, 2.75) is 32.6 Å². The second-order valence-electron chi connectivity index (χ2n) is 7.94. The number of carbonyl (C=O) groups is 2. The van der Waals surface area contributed by atoms with E-state index >= 15 is 0 Å². The van der Waals surface area contributed by atoms with E-state index in [1.165, 1.54) is 0 Å². The number of nitrogens with zero attached hydrogens (tertiary/aromatic N) is 2. The molecule has 0 aliphatic rings. The van der Waals surface area contributed by atoms with Crippen molar-refractivity contribution in [1.29, 1.82) is 0 Å². The van der Waals surface area contributed by atoms with Crippen LogP contribution in [0.4, 0.5) is 4.79 Å². The molecule has 0 bridgehead atoms. The van der Waals surface area contributed by atoms with Crippen LogP contribution in [-0.4, -0.2) is 28.2 Å². The number of carbonyl (C=O) groups excluding carboxylic acids is 2. The van der Waals surface area contributed by atoms with E-state index < -0.39 is 18.1 Å². The van der Waals surface area contributed by atoms with Crippen molar-refractivity contribution in [2.24, 2.45) is 0 Å². The highest BCUT2D eigenvalue weighted by Gasteiger charge is 2.24. The molecule has 1 unspecified atom stereocenters. The summed E-state index contributed by atoms with van der Waals surface area (Å²) in [6, 6.07) is 25.3. The first kappa shape index (κ1) is 23.7. The van der Waals surface area contributed by atoms with Crippen LogP contribution >= 0.6 is 0 Å². The highest BCUT2D eigenvalue weighted by atomic mass is 16.6. The average molecular weight is 472 g/mol. The Morgan fingerprint density at radius 3 is 2.20 bits per heavy atom. The van der Waals surface area contributed by atoms with Crippen molar-refractivity contribution in [3.63, 3.8) is 0 Å². The van der Waals surface area contributed by atoms with Crippen LogP contribution in [0.2, 0.25) is 0 Å². The highest BCUT2D eigenvalue weighted by Crippen LogP contribution is 2.18. The van der Waals surface area contributed by atoms with Crippen LogP contribution < -0.4 is 5.32 Å². The molecular weight excluding hydrogens is 446 g/mol. The van der Waals surface area contributed by atoms with Gasteiger partial charge in [-0.1, -0.05) is 83.5 Å². The third-order valence-corrected chi connectivity index (χ3v) is 5.18. The largest absolute Gasteiger partial charge is 0.456 e. The van der Waals surface area contributed by atoms with Crippen LogP contribution in [0.5, 0.6) is 0 Å². The van der Waals surface area contributed by atoms with Crippen molar-refractivity contribution >= 4 is 12.1 Å². The minimum atomic E-state index is -0.954. The predicted molar refractivity (Wildman–Crippen MR) is 128 cm³/mol. The Bertz CT molecular complexity index is 1240. The lowest BCUT2D eigenvalue weighted by Gasteiger charge is -2.17. The van der Waals surface area contributed by atoms with E-state index in [1.807, 2.05) is 91.9 Å². The summed E-state index contributed by atoms with van der Waals surface area (Å²) in [6.45, 7) is 1.88. The average Bonchev–Trinajstić information content (AvgIpc) is 3.36. The molecule has 1 amide bonds. The molecule has 0 aliphatic heterocycles. The van der Waals surface area contributed by atoms with Gasteiger partial charge in [0.25, 0.3) is 5.89 Å². The van der Waals surface area contributed by atoms with Gasteiger partial charge in [0.2, 0.25) is 5.82 Å². The van der Waals surface area contributed by atoms with Gasteiger partial charge in [0, 0.05) is 12.0 Å². The third kappa shape index (κ3) is 7.01. The molecule has 3 aromatic carbocycles. The standard InChI is InChI=1S/C27H25N3O5/c1-19-12-14-22(15-13-19)25-29-24(30-35-25)18-33-26(31)23(16-20-8-4-2-5-9-20)28-27(32)34-17-21-10-6-3-7-11-21/h2-15,23H,16-18H2,1H3,(H,28,32). The van der Waals surface area contributed by atoms with E-state index in [-0.39, 0.29) is 25.5 Å². The van der Waals surface area contributed by atoms with E-state index in [1.54, 1.807) is 0 Å². The van der Waals surface area contributed by atoms with E-state index in [4.69, 9.17) is 14.0 Å². The maximum Gasteiger partial charge on any atom is 0.408 e. The van der Waals surface area contributed by atoms with Crippen molar-refractivity contribution in [3.05, 3.63) is 107 Å². The number of amides is 1. The quantitative estimate of drug-likeness (QED) is 0.355. The number of rotatable bonds is 9. The molecule has 1 N–H and O–H groups in total.